The van der Waals surface area contributed by atoms with Gasteiger partial charge in [-0.2, -0.15) is 5.26 Å². The zero-order valence-electron chi connectivity index (χ0n) is 9.27. The quantitative estimate of drug-likeness (QED) is 0.788. The van der Waals surface area contributed by atoms with Crippen molar-refractivity contribution in [1.29, 1.82) is 5.26 Å². The van der Waals surface area contributed by atoms with Crippen LogP contribution in [0.25, 0.3) is 11.1 Å². The number of nitriles is 1. The summed E-state index contributed by atoms with van der Waals surface area (Å²) in [6, 6.07) is 13.5. The summed E-state index contributed by atoms with van der Waals surface area (Å²) < 4.78 is 18.6. The van der Waals surface area contributed by atoms with Crippen LogP contribution >= 0.6 is 0 Å². The lowest BCUT2D eigenvalue weighted by molar-refractivity contribution is 0.416. The standard InChI is InChI=1S/C14H10FNO/c1-17-14-5-3-2-4-13(14)11-6-10(9-16)7-12(15)8-11/h2-8H,1H3. The van der Waals surface area contributed by atoms with Crippen LogP contribution in [0.5, 0.6) is 5.75 Å². The van der Waals surface area contributed by atoms with Crippen molar-refractivity contribution in [2.75, 3.05) is 7.11 Å². The Bertz CT molecular complexity index is 587. The average Bonchev–Trinajstić information content (AvgIpc) is 2.37. The number of benzene rings is 2. The second-order valence-corrected chi connectivity index (χ2v) is 3.54. The highest BCUT2D eigenvalue weighted by Crippen LogP contribution is 2.30. The number of nitrogens with zero attached hydrogens (tertiary/aromatic N) is 1. The summed E-state index contributed by atoms with van der Waals surface area (Å²) in [6.07, 6.45) is 0. The number of rotatable bonds is 2. The zero-order valence-corrected chi connectivity index (χ0v) is 9.27. The SMILES string of the molecule is COc1ccccc1-c1cc(F)cc(C#N)c1. The molecule has 0 saturated carbocycles. The minimum Gasteiger partial charge on any atom is -0.496 e. The molecule has 84 valence electrons. The van der Waals surface area contributed by atoms with Gasteiger partial charge in [-0.25, -0.2) is 4.39 Å². The van der Waals surface area contributed by atoms with E-state index < -0.39 is 5.82 Å². The highest BCUT2D eigenvalue weighted by Gasteiger charge is 2.07. The van der Waals surface area contributed by atoms with Gasteiger partial charge in [-0.05, 0) is 29.8 Å². The molecule has 0 bridgehead atoms. The van der Waals surface area contributed by atoms with E-state index >= 15 is 0 Å². The van der Waals surface area contributed by atoms with E-state index in [1.54, 1.807) is 19.2 Å². The monoisotopic (exact) mass is 227 g/mol. The minimum atomic E-state index is -0.426. The van der Waals surface area contributed by atoms with Crippen LogP contribution < -0.4 is 4.74 Å². The van der Waals surface area contributed by atoms with Crippen LogP contribution in [0.2, 0.25) is 0 Å². The molecule has 0 amide bonds. The number of hydrogen-bond donors (Lipinski definition) is 0. The molecule has 0 aromatic heterocycles. The molecule has 0 atom stereocenters. The number of ether oxygens (including phenoxy) is 1. The molecule has 2 nitrogen and oxygen atoms in total. The predicted molar refractivity (Wildman–Crippen MR) is 63.1 cm³/mol. The van der Waals surface area contributed by atoms with Gasteiger partial charge in [-0.15, -0.1) is 0 Å². The lowest BCUT2D eigenvalue weighted by atomic mass is 10.0. The minimum absolute atomic E-state index is 0.297. The van der Waals surface area contributed by atoms with E-state index in [1.165, 1.54) is 12.1 Å². The Hall–Kier alpha value is -2.34. The van der Waals surface area contributed by atoms with Gasteiger partial charge in [0, 0.05) is 5.56 Å². The molecular weight excluding hydrogens is 217 g/mol. The Labute approximate surface area is 98.9 Å². The summed E-state index contributed by atoms with van der Waals surface area (Å²) in [7, 11) is 1.56. The van der Waals surface area contributed by atoms with Crippen LogP contribution in [0.15, 0.2) is 42.5 Å². The van der Waals surface area contributed by atoms with Gasteiger partial charge in [-0.3, -0.25) is 0 Å². The van der Waals surface area contributed by atoms with Crippen LogP contribution in [0.4, 0.5) is 4.39 Å². The first-order chi connectivity index (χ1) is 8.24. The molecule has 17 heavy (non-hydrogen) atoms. The van der Waals surface area contributed by atoms with Crippen LogP contribution in [0.1, 0.15) is 5.56 Å². The van der Waals surface area contributed by atoms with E-state index in [4.69, 9.17) is 10.00 Å². The first-order valence-corrected chi connectivity index (χ1v) is 5.08. The smallest absolute Gasteiger partial charge is 0.126 e. The summed E-state index contributed by atoms with van der Waals surface area (Å²) in [5, 5.41) is 8.81. The van der Waals surface area contributed by atoms with Crippen molar-refractivity contribution in [3.63, 3.8) is 0 Å². The first kappa shape index (κ1) is 11.2. The van der Waals surface area contributed by atoms with Crippen LogP contribution in [-0.4, -0.2) is 7.11 Å². The van der Waals surface area contributed by atoms with E-state index in [1.807, 2.05) is 24.3 Å². The molecule has 2 aromatic rings. The summed E-state index contributed by atoms with van der Waals surface area (Å²) >= 11 is 0. The molecule has 0 radical (unpaired) electrons. The summed E-state index contributed by atoms with van der Waals surface area (Å²) in [5.41, 5.74) is 1.70. The largest absolute Gasteiger partial charge is 0.496 e. The second-order valence-electron chi connectivity index (χ2n) is 3.54. The van der Waals surface area contributed by atoms with Crippen molar-refractivity contribution in [3.8, 4) is 22.9 Å². The number of hydrogen-bond acceptors (Lipinski definition) is 2. The number of halogens is 1. The van der Waals surface area contributed by atoms with Gasteiger partial charge in [0.05, 0.1) is 18.7 Å². The lowest BCUT2D eigenvalue weighted by Crippen LogP contribution is -1.89. The normalized spacial score (nSPS) is 9.71. The molecule has 0 saturated heterocycles. The Morgan fingerprint density at radius 1 is 1.18 bits per heavy atom. The molecule has 0 heterocycles. The lowest BCUT2D eigenvalue weighted by Gasteiger charge is -2.08. The van der Waals surface area contributed by atoms with Crippen LogP contribution in [-0.2, 0) is 0 Å². The molecule has 0 spiro atoms. The third-order valence-electron chi connectivity index (χ3n) is 2.44. The molecule has 3 heteroatoms. The Balaban J connectivity index is 2.60. The van der Waals surface area contributed by atoms with Crippen LogP contribution in [0, 0.1) is 17.1 Å². The van der Waals surface area contributed by atoms with Gasteiger partial charge in [0.1, 0.15) is 11.6 Å². The topological polar surface area (TPSA) is 33.0 Å². The molecule has 0 fully saturated rings. The summed E-state index contributed by atoms with van der Waals surface area (Å²) in [5.74, 6) is 0.229. The zero-order chi connectivity index (χ0) is 12.3. The van der Waals surface area contributed by atoms with Crippen LogP contribution in [0.3, 0.4) is 0 Å². The maximum atomic E-state index is 13.3. The Morgan fingerprint density at radius 3 is 2.65 bits per heavy atom. The maximum Gasteiger partial charge on any atom is 0.126 e. The van der Waals surface area contributed by atoms with E-state index in [9.17, 15) is 4.39 Å². The fourth-order valence-electron chi connectivity index (χ4n) is 1.69. The van der Waals surface area contributed by atoms with Crippen molar-refractivity contribution in [2.45, 2.75) is 0 Å². The van der Waals surface area contributed by atoms with Crippen molar-refractivity contribution < 1.29 is 9.13 Å². The molecular formula is C14H10FNO. The third kappa shape index (κ3) is 2.26. The Kier molecular flexibility index (Phi) is 3.06. The van der Waals surface area contributed by atoms with Gasteiger partial charge < -0.3 is 4.74 Å². The first-order valence-electron chi connectivity index (χ1n) is 5.08. The third-order valence-corrected chi connectivity index (χ3v) is 2.44. The van der Waals surface area contributed by atoms with E-state index in [-0.39, 0.29) is 0 Å². The van der Waals surface area contributed by atoms with Gasteiger partial charge in [0.25, 0.3) is 0 Å². The molecule has 2 aromatic carbocycles. The van der Waals surface area contributed by atoms with Gasteiger partial charge in [0.2, 0.25) is 0 Å². The van der Waals surface area contributed by atoms with Gasteiger partial charge >= 0.3 is 0 Å². The van der Waals surface area contributed by atoms with Crippen molar-refractivity contribution in [1.82, 2.24) is 0 Å². The fraction of sp³-hybridized carbons (Fsp3) is 0.0714. The maximum absolute atomic E-state index is 13.3. The molecule has 0 aliphatic rings. The van der Waals surface area contributed by atoms with E-state index in [2.05, 4.69) is 0 Å². The van der Waals surface area contributed by atoms with Gasteiger partial charge in [-0.1, -0.05) is 18.2 Å². The van der Waals surface area contributed by atoms with Crippen molar-refractivity contribution in [3.05, 3.63) is 53.8 Å². The number of methoxy groups -OCH3 is 1. The van der Waals surface area contributed by atoms with Crippen molar-refractivity contribution >= 4 is 0 Å². The highest BCUT2D eigenvalue weighted by atomic mass is 19.1. The fourth-order valence-corrected chi connectivity index (χ4v) is 1.69. The molecule has 2 rings (SSSR count). The average molecular weight is 227 g/mol. The summed E-state index contributed by atoms with van der Waals surface area (Å²) in [6.45, 7) is 0. The van der Waals surface area contributed by atoms with Gasteiger partial charge in [0.15, 0.2) is 0 Å². The molecule has 0 unspecified atom stereocenters. The molecule has 0 aliphatic carbocycles. The van der Waals surface area contributed by atoms with E-state index in [0.717, 1.165) is 5.56 Å². The number of para-hydroxylation sites is 1. The highest BCUT2D eigenvalue weighted by molar-refractivity contribution is 5.71. The second kappa shape index (κ2) is 4.67. The molecule has 0 aliphatic heterocycles. The van der Waals surface area contributed by atoms with E-state index in [0.29, 0.717) is 16.9 Å². The predicted octanol–water partition coefficient (Wildman–Crippen LogP) is 3.37. The Morgan fingerprint density at radius 2 is 1.94 bits per heavy atom. The summed E-state index contributed by atoms with van der Waals surface area (Å²) in [4.78, 5) is 0. The molecule has 0 N–H and O–H groups in total. The van der Waals surface area contributed by atoms with Crippen molar-refractivity contribution in [2.24, 2.45) is 0 Å².